The highest BCUT2D eigenvalue weighted by Gasteiger charge is 2.19. The van der Waals surface area contributed by atoms with Gasteiger partial charge >= 0.3 is 0 Å². The minimum absolute atomic E-state index is 0.504. The maximum absolute atomic E-state index is 3.69. The molecule has 0 fully saturated rings. The number of hydrogen-bond donors (Lipinski definition) is 1. The summed E-state index contributed by atoms with van der Waals surface area (Å²) in [5.74, 6) is 0. The highest BCUT2D eigenvalue weighted by Crippen LogP contribution is 2.36. The van der Waals surface area contributed by atoms with Crippen molar-refractivity contribution in [2.75, 3.05) is 6.54 Å². The molecular formula is C19H25N. The maximum atomic E-state index is 3.69. The number of aryl methyl sites for hydroxylation is 2. The molecule has 2 aromatic carbocycles. The summed E-state index contributed by atoms with van der Waals surface area (Å²) < 4.78 is 0. The number of nitrogens with one attached hydrogen (secondary N) is 1. The number of hydrogen-bond acceptors (Lipinski definition) is 1. The van der Waals surface area contributed by atoms with Gasteiger partial charge in [0.25, 0.3) is 0 Å². The summed E-state index contributed by atoms with van der Waals surface area (Å²) in [6.07, 6.45) is 6.24. The van der Waals surface area contributed by atoms with E-state index in [9.17, 15) is 0 Å². The summed E-state index contributed by atoms with van der Waals surface area (Å²) >= 11 is 0. The summed E-state index contributed by atoms with van der Waals surface area (Å²) in [5.41, 5.74) is 4.60. The third kappa shape index (κ3) is 2.35. The van der Waals surface area contributed by atoms with Crippen molar-refractivity contribution in [3.05, 3.63) is 47.0 Å². The van der Waals surface area contributed by atoms with Crippen LogP contribution < -0.4 is 5.32 Å². The van der Waals surface area contributed by atoms with E-state index >= 15 is 0 Å². The van der Waals surface area contributed by atoms with Crippen LogP contribution in [0.1, 0.15) is 55.8 Å². The Kier molecular flexibility index (Phi) is 4.07. The second-order valence-corrected chi connectivity index (χ2v) is 5.91. The highest BCUT2D eigenvalue weighted by atomic mass is 14.9. The van der Waals surface area contributed by atoms with Crippen LogP contribution in [0.5, 0.6) is 0 Å². The van der Waals surface area contributed by atoms with Gasteiger partial charge in [0.1, 0.15) is 0 Å². The van der Waals surface area contributed by atoms with E-state index in [0.717, 1.165) is 6.54 Å². The molecular weight excluding hydrogens is 242 g/mol. The Balaban J connectivity index is 2.06. The van der Waals surface area contributed by atoms with Crippen molar-refractivity contribution >= 4 is 10.8 Å². The average molecular weight is 267 g/mol. The molecule has 0 heterocycles. The number of unbranched alkanes of at least 4 members (excludes halogenated alkanes) is 1. The Morgan fingerprint density at radius 3 is 2.60 bits per heavy atom. The van der Waals surface area contributed by atoms with E-state index in [1.807, 2.05) is 0 Å². The second kappa shape index (κ2) is 5.97. The lowest BCUT2D eigenvalue weighted by Crippen LogP contribution is -2.21. The Bertz CT molecular complexity index is 590. The van der Waals surface area contributed by atoms with Crippen LogP contribution >= 0.6 is 0 Å². The van der Waals surface area contributed by atoms with E-state index in [-0.39, 0.29) is 0 Å². The molecule has 3 rings (SSSR count). The van der Waals surface area contributed by atoms with Crippen LogP contribution in [0.2, 0.25) is 0 Å². The Hall–Kier alpha value is -1.34. The minimum Gasteiger partial charge on any atom is -0.310 e. The minimum atomic E-state index is 0.504. The zero-order chi connectivity index (χ0) is 13.9. The van der Waals surface area contributed by atoms with E-state index in [1.165, 1.54) is 43.1 Å². The summed E-state index contributed by atoms with van der Waals surface area (Å²) in [4.78, 5) is 0. The summed E-state index contributed by atoms with van der Waals surface area (Å²) in [5, 5.41) is 6.72. The highest BCUT2D eigenvalue weighted by molar-refractivity contribution is 5.93. The van der Waals surface area contributed by atoms with Gasteiger partial charge in [0, 0.05) is 6.04 Å². The van der Waals surface area contributed by atoms with Gasteiger partial charge in [-0.15, -0.1) is 0 Å². The van der Waals surface area contributed by atoms with Gasteiger partial charge in [-0.05, 0) is 53.3 Å². The SMILES string of the molecule is CCCCC(NCC)c1ccc2c3c(cccc13)CC2. The average Bonchev–Trinajstić information content (AvgIpc) is 2.90. The van der Waals surface area contributed by atoms with Crippen molar-refractivity contribution in [2.24, 2.45) is 0 Å². The van der Waals surface area contributed by atoms with Crippen LogP contribution in [0.4, 0.5) is 0 Å². The topological polar surface area (TPSA) is 12.0 Å². The van der Waals surface area contributed by atoms with E-state index < -0.39 is 0 Å². The predicted octanol–water partition coefficient (Wildman–Crippen LogP) is 4.78. The third-order valence-electron chi connectivity index (χ3n) is 4.58. The zero-order valence-corrected chi connectivity index (χ0v) is 12.7. The maximum Gasteiger partial charge on any atom is 0.0326 e. The van der Waals surface area contributed by atoms with Crippen molar-refractivity contribution in [2.45, 2.75) is 52.0 Å². The molecule has 1 nitrogen and oxygen atoms in total. The second-order valence-electron chi connectivity index (χ2n) is 5.91. The smallest absolute Gasteiger partial charge is 0.0326 e. The van der Waals surface area contributed by atoms with E-state index in [2.05, 4.69) is 49.5 Å². The van der Waals surface area contributed by atoms with Crippen molar-refractivity contribution in [1.29, 1.82) is 0 Å². The first-order chi connectivity index (χ1) is 9.85. The van der Waals surface area contributed by atoms with Gasteiger partial charge in [0.05, 0.1) is 0 Å². The molecule has 1 unspecified atom stereocenters. The van der Waals surface area contributed by atoms with Crippen molar-refractivity contribution in [3.8, 4) is 0 Å². The molecule has 2 aromatic rings. The van der Waals surface area contributed by atoms with Crippen LogP contribution in [-0.4, -0.2) is 6.54 Å². The van der Waals surface area contributed by atoms with Gasteiger partial charge in [-0.2, -0.15) is 0 Å². The van der Waals surface area contributed by atoms with Crippen molar-refractivity contribution in [3.63, 3.8) is 0 Å². The Morgan fingerprint density at radius 1 is 1.05 bits per heavy atom. The van der Waals surface area contributed by atoms with Crippen molar-refractivity contribution < 1.29 is 0 Å². The molecule has 0 saturated heterocycles. The van der Waals surface area contributed by atoms with E-state index in [4.69, 9.17) is 0 Å². The standard InChI is InChI=1S/C19H25N/c1-3-5-9-18(20-4-2)16-13-12-15-11-10-14-7-6-8-17(16)19(14)15/h6-8,12-13,18,20H,3-5,9-11H2,1-2H3. The Morgan fingerprint density at radius 2 is 1.85 bits per heavy atom. The van der Waals surface area contributed by atoms with Crippen LogP contribution in [-0.2, 0) is 12.8 Å². The molecule has 1 heteroatoms. The van der Waals surface area contributed by atoms with Gasteiger partial charge in [0.15, 0.2) is 0 Å². The molecule has 0 radical (unpaired) electrons. The normalized spacial score (nSPS) is 14.9. The number of rotatable bonds is 6. The molecule has 1 atom stereocenters. The van der Waals surface area contributed by atoms with Gasteiger partial charge in [-0.25, -0.2) is 0 Å². The first-order valence-corrected chi connectivity index (χ1v) is 8.12. The van der Waals surface area contributed by atoms with E-state index in [0.29, 0.717) is 6.04 Å². The molecule has 1 aliphatic rings. The van der Waals surface area contributed by atoms with Crippen molar-refractivity contribution in [1.82, 2.24) is 5.32 Å². The summed E-state index contributed by atoms with van der Waals surface area (Å²) in [6.45, 7) is 5.52. The fourth-order valence-corrected chi connectivity index (χ4v) is 3.60. The molecule has 0 aromatic heterocycles. The Labute approximate surface area is 122 Å². The lowest BCUT2D eigenvalue weighted by molar-refractivity contribution is 0.497. The summed E-state index contributed by atoms with van der Waals surface area (Å²) in [7, 11) is 0. The first-order valence-electron chi connectivity index (χ1n) is 8.12. The monoisotopic (exact) mass is 267 g/mol. The molecule has 0 spiro atoms. The van der Waals surface area contributed by atoms with Crippen LogP contribution in [0.15, 0.2) is 30.3 Å². The fraction of sp³-hybridized carbons (Fsp3) is 0.474. The van der Waals surface area contributed by atoms with Gasteiger partial charge in [-0.1, -0.05) is 57.0 Å². The summed E-state index contributed by atoms with van der Waals surface area (Å²) in [6, 6.07) is 12.1. The van der Waals surface area contributed by atoms with Crippen LogP contribution in [0.25, 0.3) is 10.8 Å². The number of benzene rings is 2. The van der Waals surface area contributed by atoms with Crippen LogP contribution in [0.3, 0.4) is 0 Å². The quantitative estimate of drug-likeness (QED) is 0.794. The van der Waals surface area contributed by atoms with Crippen LogP contribution in [0, 0.1) is 0 Å². The zero-order valence-electron chi connectivity index (χ0n) is 12.7. The lowest BCUT2D eigenvalue weighted by Gasteiger charge is -2.21. The molecule has 0 saturated carbocycles. The molecule has 0 aliphatic heterocycles. The molecule has 0 bridgehead atoms. The fourth-order valence-electron chi connectivity index (χ4n) is 3.60. The molecule has 1 N–H and O–H groups in total. The van der Waals surface area contributed by atoms with Gasteiger partial charge < -0.3 is 5.32 Å². The van der Waals surface area contributed by atoms with Gasteiger partial charge in [-0.3, -0.25) is 0 Å². The predicted molar refractivity (Wildman–Crippen MR) is 87.3 cm³/mol. The molecule has 20 heavy (non-hydrogen) atoms. The first kappa shape index (κ1) is 13.6. The third-order valence-corrected chi connectivity index (χ3v) is 4.58. The molecule has 1 aliphatic carbocycles. The lowest BCUT2D eigenvalue weighted by atomic mass is 9.93. The molecule has 106 valence electrons. The van der Waals surface area contributed by atoms with E-state index in [1.54, 1.807) is 16.5 Å². The van der Waals surface area contributed by atoms with Gasteiger partial charge in [0.2, 0.25) is 0 Å². The molecule has 0 amide bonds. The largest absolute Gasteiger partial charge is 0.310 e.